The fraction of sp³-hybridized carbons (Fsp3) is 0. The van der Waals surface area contributed by atoms with Crippen molar-refractivity contribution < 1.29 is 9.18 Å². The molecule has 0 fully saturated rings. The number of nitrogen functional groups attached to an aromatic ring is 1. The molecule has 1 aromatic rings. The first kappa shape index (κ1) is 8.46. The molecule has 0 radical (unpaired) electrons. The van der Waals surface area contributed by atoms with Crippen molar-refractivity contribution in [3.8, 4) is 0 Å². The molecule has 12 heavy (non-hydrogen) atoms. The summed E-state index contributed by atoms with van der Waals surface area (Å²) in [5, 5.41) is 0. The van der Waals surface area contributed by atoms with E-state index in [-0.39, 0.29) is 17.0 Å². The van der Waals surface area contributed by atoms with Gasteiger partial charge in [0.15, 0.2) is 5.78 Å². The van der Waals surface area contributed by atoms with Crippen LogP contribution in [0.4, 0.5) is 10.1 Å². The van der Waals surface area contributed by atoms with Crippen molar-refractivity contribution in [3.63, 3.8) is 0 Å². The SMILES string of the molecule is C=CC(=O)c1cccc(F)c1N. The summed E-state index contributed by atoms with van der Waals surface area (Å²) in [6, 6.07) is 4.10. The number of halogens is 1. The quantitative estimate of drug-likeness (QED) is 0.412. The minimum atomic E-state index is -0.581. The monoisotopic (exact) mass is 165 g/mol. The van der Waals surface area contributed by atoms with Gasteiger partial charge in [-0.25, -0.2) is 4.39 Å². The van der Waals surface area contributed by atoms with Crippen LogP contribution in [0.15, 0.2) is 30.9 Å². The van der Waals surface area contributed by atoms with Gasteiger partial charge in [0.25, 0.3) is 0 Å². The van der Waals surface area contributed by atoms with E-state index >= 15 is 0 Å². The number of hydrogen-bond acceptors (Lipinski definition) is 2. The van der Waals surface area contributed by atoms with E-state index in [1.165, 1.54) is 18.2 Å². The lowest BCUT2D eigenvalue weighted by molar-refractivity contribution is 0.104. The lowest BCUT2D eigenvalue weighted by Gasteiger charge is -2.01. The van der Waals surface area contributed by atoms with Crippen molar-refractivity contribution in [1.82, 2.24) is 0 Å². The Morgan fingerprint density at radius 2 is 2.25 bits per heavy atom. The Balaban J connectivity index is 3.25. The summed E-state index contributed by atoms with van der Waals surface area (Å²) in [4.78, 5) is 11.0. The zero-order chi connectivity index (χ0) is 9.14. The molecule has 0 saturated heterocycles. The van der Waals surface area contributed by atoms with Crippen molar-refractivity contribution in [1.29, 1.82) is 0 Å². The fourth-order valence-corrected chi connectivity index (χ4v) is 0.862. The summed E-state index contributed by atoms with van der Waals surface area (Å²) in [5.74, 6) is -0.949. The number of ketones is 1. The summed E-state index contributed by atoms with van der Waals surface area (Å²) in [5.41, 5.74) is 5.35. The fourth-order valence-electron chi connectivity index (χ4n) is 0.862. The molecule has 2 N–H and O–H groups in total. The molecule has 2 nitrogen and oxygen atoms in total. The van der Waals surface area contributed by atoms with Crippen molar-refractivity contribution in [3.05, 3.63) is 42.2 Å². The minimum absolute atomic E-state index is 0.123. The van der Waals surface area contributed by atoms with Crippen molar-refractivity contribution in [2.45, 2.75) is 0 Å². The summed E-state index contributed by atoms with van der Waals surface area (Å²) in [6.45, 7) is 3.28. The number of allylic oxidation sites excluding steroid dienone is 1. The first-order valence-electron chi connectivity index (χ1n) is 3.37. The van der Waals surface area contributed by atoms with Gasteiger partial charge in [-0.2, -0.15) is 0 Å². The van der Waals surface area contributed by atoms with Crippen molar-refractivity contribution >= 4 is 11.5 Å². The van der Waals surface area contributed by atoms with Gasteiger partial charge in [0.05, 0.1) is 5.69 Å². The molecule has 0 aromatic heterocycles. The highest BCUT2D eigenvalue weighted by Crippen LogP contribution is 2.16. The van der Waals surface area contributed by atoms with E-state index in [2.05, 4.69) is 6.58 Å². The Kier molecular flexibility index (Phi) is 2.24. The smallest absolute Gasteiger partial charge is 0.187 e. The number of nitrogens with two attached hydrogens (primary N) is 1. The molecule has 0 unspecified atom stereocenters. The van der Waals surface area contributed by atoms with Crippen LogP contribution < -0.4 is 5.73 Å². The number of anilines is 1. The van der Waals surface area contributed by atoms with E-state index in [9.17, 15) is 9.18 Å². The maximum Gasteiger partial charge on any atom is 0.187 e. The molecule has 0 aliphatic rings. The maximum atomic E-state index is 12.8. The predicted octanol–water partition coefficient (Wildman–Crippen LogP) is 1.78. The molecule has 0 bridgehead atoms. The molecule has 0 aliphatic heterocycles. The van der Waals surface area contributed by atoms with Crippen LogP contribution in [-0.4, -0.2) is 5.78 Å². The first-order valence-corrected chi connectivity index (χ1v) is 3.37. The lowest BCUT2D eigenvalue weighted by Crippen LogP contribution is -2.02. The third-order valence-corrected chi connectivity index (χ3v) is 1.50. The molecule has 0 spiro atoms. The molecular weight excluding hydrogens is 157 g/mol. The molecule has 62 valence electrons. The van der Waals surface area contributed by atoms with Crippen LogP contribution in [0.5, 0.6) is 0 Å². The van der Waals surface area contributed by atoms with E-state index < -0.39 is 5.82 Å². The molecule has 0 heterocycles. The van der Waals surface area contributed by atoms with Gasteiger partial charge in [0.1, 0.15) is 5.82 Å². The van der Waals surface area contributed by atoms with E-state index in [1.807, 2.05) is 0 Å². The number of rotatable bonds is 2. The Hall–Kier alpha value is -1.64. The minimum Gasteiger partial charge on any atom is -0.396 e. The van der Waals surface area contributed by atoms with Gasteiger partial charge in [0.2, 0.25) is 0 Å². The number of benzene rings is 1. The van der Waals surface area contributed by atoms with Crippen LogP contribution in [-0.2, 0) is 0 Å². The summed E-state index contributed by atoms with van der Waals surface area (Å²) in [6.07, 6.45) is 1.10. The Morgan fingerprint density at radius 1 is 1.58 bits per heavy atom. The Labute approximate surface area is 69.5 Å². The van der Waals surface area contributed by atoms with Crippen molar-refractivity contribution in [2.75, 3.05) is 5.73 Å². The second kappa shape index (κ2) is 3.17. The van der Waals surface area contributed by atoms with Gasteiger partial charge in [-0.1, -0.05) is 12.6 Å². The molecule has 1 rings (SSSR count). The third-order valence-electron chi connectivity index (χ3n) is 1.50. The second-order valence-electron chi connectivity index (χ2n) is 2.27. The first-order chi connectivity index (χ1) is 5.66. The Morgan fingerprint density at radius 3 is 2.83 bits per heavy atom. The second-order valence-corrected chi connectivity index (χ2v) is 2.27. The number of hydrogen-bond donors (Lipinski definition) is 1. The maximum absolute atomic E-state index is 12.8. The van der Waals surface area contributed by atoms with Crippen LogP contribution in [0.3, 0.4) is 0 Å². The van der Waals surface area contributed by atoms with Crippen molar-refractivity contribution in [2.24, 2.45) is 0 Å². The van der Waals surface area contributed by atoms with Gasteiger partial charge in [-0.3, -0.25) is 4.79 Å². The Bertz CT molecular complexity index is 333. The van der Waals surface area contributed by atoms with Crippen LogP contribution >= 0.6 is 0 Å². The van der Waals surface area contributed by atoms with Gasteiger partial charge < -0.3 is 5.73 Å². The number of para-hydroxylation sites is 1. The molecule has 3 heteroatoms. The molecule has 0 amide bonds. The van der Waals surface area contributed by atoms with Gasteiger partial charge >= 0.3 is 0 Å². The molecule has 0 aliphatic carbocycles. The summed E-state index contributed by atoms with van der Waals surface area (Å²) >= 11 is 0. The van der Waals surface area contributed by atoms with Gasteiger partial charge in [0, 0.05) is 5.56 Å². The zero-order valence-electron chi connectivity index (χ0n) is 6.38. The summed E-state index contributed by atoms with van der Waals surface area (Å²) in [7, 11) is 0. The van der Waals surface area contributed by atoms with Crippen LogP contribution in [0, 0.1) is 5.82 Å². The molecular formula is C9H8FNO. The molecule has 0 atom stereocenters. The standard InChI is InChI=1S/C9H8FNO/c1-2-8(12)6-4-3-5-7(10)9(6)11/h2-5H,1,11H2. The number of carbonyl (C=O) groups excluding carboxylic acids is 1. The zero-order valence-corrected chi connectivity index (χ0v) is 6.38. The molecule has 0 saturated carbocycles. The normalized spacial score (nSPS) is 9.42. The number of carbonyl (C=O) groups is 1. The topological polar surface area (TPSA) is 43.1 Å². The van der Waals surface area contributed by atoms with E-state index in [4.69, 9.17) is 5.73 Å². The highest BCUT2D eigenvalue weighted by atomic mass is 19.1. The van der Waals surface area contributed by atoms with E-state index in [1.54, 1.807) is 0 Å². The average molecular weight is 165 g/mol. The largest absolute Gasteiger partial charge is 0.396 e. The average Bonchev–Trinajstić information content (AvgIpc) is 2.08. The highest BCUT2D eigenvalue weighted by molar-refractivity contribution is 6.07. The predicted molar refractivity (Wildman–Crippen MR) is 45.3 cm³/mol. The lowest BCUT2D eigenvalue weighted by atomic mass is 10.1. The summed E-state index contributed by atoms with van der Waals surface area (Å²) < 4.78 is 12.8. The molecule has 1 aromatic carbocycles. The third kappa shape index (κ3) is 1.34. The van der Waals surface area contributed by atoms with Crippen LogP contribution in [0.1, 0.15) is 10.4 Å². The van der Waals surface area contributed by atoms with E-state index in [0.717, 1.165) is 6.08 Å². The van der Waals surface area contributed by atoms with Gasteiger partial charge in [-0.05, 0) is 18.2 Å². The van der Waals surface area contributed by atoms with Gasteiger partial charge in [-0.15, -0.1) is 0 Å². The van der Waals surface area contributed by atoms with Crippen LogP contribution in [0.2, 0.25) is 0 Å². The van der Waals surface area contributed by atoms with Crippen LogP contribution in [0.25, 0.3) is 0 Å². The van der Waals surface area contributed by atoms with E-state index in [0.29, 0.717) is 0 Å². The highest BCUT2D eigenvalue weighted by Gasteiger charge is 2.08.